The minimum Gasteiger partial charge on any atom is -0.318 e. The minimum absolute atomic E-state index is 0.471. The molecule has 0 unspecified atom stereocenters. The van der Waals surface area contributed by atoms with Crippen LogP contribution in [-0.4, -0.2) is 9.49 Å². The van der Waals surface area contributed by atoms with Gasteiger partial charge in [-0.1, -0.05) is 23.2 Å². The lowest BCUT2D eigenvalue weighted by Gasteiger charge is -2.10. The van der Waals surface area contributed by atoms with E-state index in [-0.39, 0.29) is 0 Å². The third-order valence-corrected chi connectivity index (χ3v) is 3.75. The van der Waals surface area contributed by atoms with Crippen molar-refractivity contribution < 1.29 is 4.92 Å². The van der Waals surface area contributed by atoms with Gasteiger partial charge in [0, 0.05) is 28.7 Å². The van der Waals surface area contributed by atoms with Crippen LogP contribution in [0.1, 0.15) is 17.0 Å². The number of halogens is 2. The van der Waals surface area contributed by atoms with E-state index >= 15 is 0 Å². The van der Waals surface area contributed by atoms with Crippen molar-refractivity contribution in [1.29, 1.82) is 0 Å². The molecule has 1 heterocycles. The third kappa shape index (κ3) is 2.86. The van der Waals surface area contributed by atoms with Gasteiger partial charge in [-0.25, -0.2) is 0 Å². The second-order valence-corrected chi connectivity index (χ2v) is 5.18. The van der Waals surface area contributed by atoms with E-state index in [0.717, 1.165) is 28.8 Å². The first-order chi connectivity index (χ1) is 9.40. The molecule has 0 aliphatic carbocycles. The molecule has 0 aliphatic heterocycles. The fourth-order valence-electron chi connectivity index (χ4n) is 2.12. The quantitative estimate of drug-likeness (QED) is 0.612. The second kappa shape index (κ2) is 5.69. The smallest absolute Gasteiger partial charge is 0.235 e. The molecular formula is C14H12Cl2N2O2. The molecule has 1 aromatic heterocycles. The fraction of sp³-hybridized carbons (Fsp3) is 0.143. The number of hydrogen-bond acceptors (Lipinski definition) is 2. The number of benzene rings is 1. The van der Waals surface area contributed by atoms with E-state index in [4.69, 9.17) is 23.2 Å². The number of hydrogen-bond donors (Lipinski definition) is 0. The molecule has 4 nitrogen and oxygen atoms in total. The first-order valence-corrected chi connectivity index (χ1v) is 6.62. The molecular weight excluding hydrogens is 299 g/mol. The van der Waals surface area contributed by atoms with E-state index in [1.807, 2.05) is 30.5 Å². The van der Waals surface area contributed by atoms with Gasteiger partial charge in [-0.05, 0) is 38.1 Å². The zero-order chi connectivity index (χ0) is 14.9. The molecule has 0 aliphatic rings. The van der Waals surface area contributed by atoms with Gasteiger partial charge < -0.3 is 4.57 Å². The van der Waals surface area contributed by atoms with Gasteiger partial charge in [-0.15, -0.1) is 0 Å². The Kier molecular flexibility index (Phi) is 4.16. The van der Waals surface area contributed by atoms with Crippen LogP contribution in [0.25, 0.3) is 11.8 Å². The highest BCUT2D eigenvalue weighted by Crippen LogP contribution is 2.27. The van der Waals surface area contributed by atoms with Gasteiger partial charge >= 0.3 is 0 Å². The van der Waals surface area contributed by atoms with Crippen molar-refractivity contribution in [3.63, 3.8) is 0 Å². The Morgan fingerprint density at radius 1 is 1.20 bits per heavy atom. The summed E-state index contributed by atoms with van der Waals surface area (Å²) in [4.78, 5) is 9.93. The van der Waals surface area contributed by atoms with E-state index < -0.39 is 4.92 Å². The van der Waals surface area contributed by atoms with E-state index in [9.17, 15) is 10.1 Å². The molecule has 0 saturated carbocycles. The Bertz CT molecular complexity index is 705. The average Bonchev–Trinajstić information content (AvgIpc) is 2.65. The molecule has 0 amide bonds. The van der Waals surface area contributed by atoms with Gasteiger partial charge in [0.1, 0.15) is 0 Å². The molecule has 0 fully saturated rings. The molecule has 0 N–H and O–H groups in total. The molecule has 2 rings (SSSR count). The van der Waals surface area contributed by atoms with E-state index in [1.54, 1.807) is 12.1 Å². The van der Waals surface area contributed by atoms with Gasteiger partial charge in [0.05, 0.1) is 15.0 Å². The zero-order valence-corrected chi connectivity index (χ0v) is 12.4. The molecule has 0 spiro atoms. The van der Waals surface area contributed by atoms with Gasteiger partial charge in [0.25, 0.3) is 0 Å². The van der Waals surface area contributed by atoms with Crippen molar-refractivity contribution in [3.05, 3.63) is 67.6 Å². The summed E-state index contributed by atoms with van der Waals surface area (Å²) in [7, 11) is 0. The van der Waals surface area contributed by atoms with E-state index in [0.29, 0.717) is 10.0 Å². The SMILES string of the molecule is Cc1cc(C=C[N+](=O)[O-])c(C)n1-c1ccc(Cl)c(Cl)c1. The zero-order valence-electron chi connectivity index (χ0n) is 10.9. The van der Waals surface area contributed by atoms with Crippen LogP contribution in [0, 0.1) is 24.0 Å². The van der Waals surface area contributed by atoms with Crippen LogP contribution in [0.5, 0.6) is 0 Å². The van der Waals surface area contributed by atoms with E-state index in [2.05, 4.69) is 0 Å². The molecule has 0 saturated heterocycles. The highest BCUT2D eigenvalue weighted by atomic mass is 35.5. The largest absolute Gasteiger partial charge is 0.318 e. The van der Waals surface area contributed by atoms with Crippen molar-refractivity contribution in [1.82, 2.24) is 4.57 Å². The van der Waals surface area contributed by atoms with Crippen LogP contribution in [0.15, 0.2) is 30.5 Å². The van der Waals surface area contributed by atoms with Crippen molar-refractivity contribution >= 4 is 29.3 Å². The summed E-state index contributed by atoms with van der Waals surface area (Å²) in [5.41, 5.74) is 3.53. The van der Waals surface area contributed by atoms with Crippen molar-refractivity contribution in [2.45, 2.75) is 13.8 Å². The van der Waals surface area contributed by atoms with Gasteiger partial charge in [-0.2, -0.15) is 0 Å². The molecule has 1 aromatic carbocycles. The lowest BCUT2D eigenvalue weighted by atomic mass is 10.2. The van der Waals surface area contributed by atoms with Crippen molar-refractivity contribution in [3.8, 4) is 5.69 Å². The molecule has 0 radical (unpaired) electrons. The number of rotatable bonds is 3. The summed E-state index contributed by atoms with van der Waals surface area (Å²) in [5.74, 6) is 0. The lowest BCUT2D eigenvalue weighted by molar-refractivity contribution is -0.400. The topological polar surface area (TPSA) is 48.1 Å². The van der Waals surface area contributed by atoms with E-state index in [1.165, 1.54) is 6.08 Å². The first kappa shape index (κ1) is 14.6. The highest BCUT2D eigenvalue weighted by molar-refractivity contribution is 6.42. The predicted octanol–water partition coefficient (Wildman–Crippen LogP) is 4.65. The average molecular weight is 311 g/mol. The van der Waals surface area contributed by atoms with Crippen LogP contribution < -0.4 is 0 Å². The number of nitrogens with zero attached hydrogens (tertiary/aromatic N) is 2. The number of aromatic nitrogens is 1. The van der Waals surface area contributed by atoms with Gasteiger partial charge in [-0.3, -0.25) is 10.1 Å². The summed E-state index contributed by atoms with van der Waals surface area (Å²) >= 11 is 11.9. The minimum atomic E-state index is -0.481. The Morgan fingerprint density at radius 2 is 1.90 bits per heavy atom. The predicted molar refractivity (Wildman–Crippen MR) is 81.3 cm³/mol. The first-order valence-electron chi connectivity index (χ1n) is 5.86. The Labute approximate surface area is 126 Å². The van der Waals surface area contributed by atoms with Crippen LogP contribution in [-0.2, 0) is 0 Å². The molecule has 104 valence electrons. The Hall–Kier alpha value is -1.78. The van der Waals surface area contributed by atoms with Crippen LogP contribution >= 0.6 is 23.2 Å². The van der Waals surface area contributed by atoms with Gasteiger partial charge in [0.15, 0.2) is 0 Å². The molecule has 0 bridgehead atoms. The second-order valence-electron chi connectivity index (χ2n) is 4.36. The molecule has 0 atom stereocenters. The van der Waals surface area contributed by atoms with Crippen LogP contribution in [0.2, 0.25) is 10.0 Å². The molecule has 2 aromatic rings. The maximum Gasteiger partial charge on any atom is 0.235 e. The lowest BCUT2D eigenvalue weighted by Crippen LogP contribution is -1.99. The molecule has 6 heteroatoms. The standard InChI is InChI=1S/C14H12Cl2N2O2/c1-9-7-11(5-6-17(19)20)10(2)18(9)12-3-4-13(15)14(16)8-12/h3-8H,1-2H3. The maximum absolute atomic E-state index is 10.4. The van der Waals surface area contributed by atoms with Gasteiger partial charge in [0.2, 0.25) is 6.20 Å². The summed E-state index contributed by atoms with van der Waals surface area (Å²) in [6.07, 6.45) is 2.41. The summed E-state index contributed by atoms with van der Waals surface area (Å²) in [6, 6.07) is 7.24. The maximum atomic E-state index is 10.4. The van der Waals surface area contributed by atoms with Crippen LogP contribution in [0.4, 0.5) is 0 Å². The highest BCUT2D eigenvalue weighted by Gasteiger charge is 2.10. The Balaban J connectivity index is 2.52. The number of aryl methyl sites for hydroxylation is 1. The van der Waals surface area contributed by atoms with Crippen LogP contribution in [0.3, 0.4) is 0 Å². The Morgan fingerprint density at radius 3 is 2.50 bits per heavy atom. The molecule has 20 heavy (non-hydrogen) atoms. The summed E-state index contributed by atoms with van der Waals surface area (Å²) in [5, 5.41) is 11.4. The summed E-state index contributed by atoms with van der Waals surface area (Å²) in [6.45, 7) is 3.83. The third-order valence-electron chi connectivity index (χ3n) is 3.01. The summed E-state index contributed by atoms with van der Waals surface area (Å²) < 4.78 is 1.97. The number of nitro groups is 1. The van der Waals surface area contributed by atoms with Crippen molar-refractivity contribution in [2.24, 2.45) is 0 Å². The fourth-order valence-corrected chi connectivity index (χ4v) is 2.41. The monoisotopic (exact) mass is 310 g/mol. The van der Waals surface area contributed by atoms with Crippen molar-refractivity contribution in [2.75, 3.05) is 0 Å². The normalized spacial score (nSPS) is 11.2.